The first kappa shape index (κ1) is 19.1. The highest BCUT2D eigenvalue weighted by Crippen LogP contribution is 2.24. The molecule has 0 fully saturated rings. The zero-order valence-corrected chi connectivity index (χ0v) is 16.3. The van der Waals surface area contributed by atoms with Gasteiger partial charge in [0.25, 0.3) is 0 Å². The molecule has 2 heterocycles. The number of aromatic nitrogens is 3. The van der Waals surface area contributed by atoms with Crippen molar-refractivity contribution in [2.24, 2.45) is 0 Å². The van der Waals surface area contributed by atoms with E-state index in [0.29, 0.717) is 22.3 Å². The molecule has 4 rings (SSSR count). The maximum atomic E-state index is 13.5. The van der Waals surface area contributed by atoms with Crippen LogP contribution >= 0.6 is 0 Å². The largest absolute Gasteiger partial charge is 0.261 e. The number of pyridine rings is 1. The van der Waals surface area contributed by atoms with Crippen LogP contribution in [-0.2, 0) is 16.6 Å². The standard InChI is InChI=1S/C21H17FN4O2S/c1-26(14-18-13-24-20-7-2-3-8-21(20)25-18)29(27,28)19-6-4-5-15(10-19)16-9-17(22)12-23-11-16/h2-13H,14H2,1H3. The lowest BCUT2D eigenvalue weighted by Gasteiger charge is -2.17. The normalized spacial score (nSPS) is 11.8. The highest BCUT2D eigenvalue weighted by molar-refractivity contribution is 7.89. The summed E-state index contributed by atoms with van der Waals surface area (Å²) < 4.78 is 40.8. The number of nitrogens with zero attached hydrogens (tertiary/aromatic N) is 4. The van der Waals surface area contributed by atoms with Gasteiger partial charge in [-0.3, -0.25) is 9.97 Å². The first-order valence-corrected chi connectivity index (χ1v) is 10.3. The first-order chi connectivity index (χ1) is 13.9. The van der Waals surface area contributed by atoms with E-state index in [4.69, 9.17) is 0 Å². The average molecular weight is 408 g/mol. The van der Waals surface area contributed by atoms with Gasteiger partial charge in [0.1, 0.15) is 5.82 Å². The molecule has 0 spiro atoms. The van der Waals surface area contributed by atoms with Crippen molar-refractivity contribution in [1.82, 2.24) is 19.3 Å². The van der Waals surface area contributed by atoms with Gasteiger partial charge in [-0.2, -0.15) is 4.31 Å². The van der Waals surface area contributed by atoms with Crippen LogP contribution < -0.4 is 0 Å². The molecule has 0 saturated carbocycles. The Hall–Kier alpha value is -3.23. The number of rotatable bonds is 5. The van der Waals surface area contributed by atoms with E-state index < -0.39 is 15.8 Å². The molecular formula is C21H17FN4O2S. The van der Waals surface area contributed by atoms with Crippen LogP contribution in [0, 0.1) is 5.82 Å². The Morgan fingerprint density at radius 1 is 0.931 bits per heavy atom. The second kappa shape index (κ2) is 7.65. The Bertz CT molecular complexity index is 1290. The van der Waals surface area contributed by atoms with Crippen LogP contribution in [0.4, 0.5) is 4.39 Å². The first-order valence-electron chi connectivity index (χ1n) is 8.81. The van der Waals surface area contributed by atoms with Crippen LogP contribution in [0.1, 0.15) is 5.69 Å². The molecule has 0 radical (unpaired) electrons. The van der Waals surface area contributed by atoms with Gasteiger partial charge in [0.2, 0.25) is 10.0 Å². The predicted molar refractivity (Wildman–Crippen MR) is 108 cm³/mol. The van der Waals surface area contributed by atoms with Crippen molar-refractivity contribution < 1.29 is 12.8 Å². The van der Waals surface area contributed by atoms with Crippen molar-refractivity contribution in [2.45, 2.75) is 11.4 Å². The molecule has 29 heavy (non-hydrogen) atoms. The van der Waals surface area contributed by atoms with Gasteiger partial charge in [-0.05, 0) is 35.9 Å². The molecule has 0 amide bonds. The van der Waals surface area contributed by atoms with Gasteiger partial charge in [0, 0.05) is 18.8 Å². The van der Waals surface area contributed by atoms with Crippen molar-refractivity contribution in [3.8, 4) is 11.1 Å². The quantitative estimate of drug-likeness (QED) is 0.504. The minimum Gasteiger partial charge on any atom is -0.261 e. The molecule has 0 atom stereocenters. The van der Waals surface area contributed by atoms with E-state index in [0.717, 1.165) is 11.7 Å². The van der Waals surface area contributed by atoms with Crippen LogP contribution in [0.3, 0.4) is 0 Å². The topological polar surface area (TPSA) is 76.1 Å². The summed E-state index contributed by atoms with van der Waals surface area (Å²) in [4.78, 5) is 12.7. The monoisotopic (exact) mass is 408 g/mol. The number of halogens is 1. The van der Waals surface area contributed by atoms with Crippen LogP contribution in [0.5, 0.6) is 0 Å². The van der Waals surface area contributed by atoms with E-state index in [9.17, 15) is 12.8 Å². The zero-order valence-electron chi connectivity index (χ0n) is 15.5. The molecule has 0 aliphatic carbocycles. The van der Waals surface area contributed by atoms with Crippen LogP contribution in [0.15, 0.2) is 78.1 Å². The minimum absolute atomic E-state index is 0.0753. The fourth-order valence-electron chi connectivity index (χ4n) is 2.97. The number of hydrogen-bond donors (Lipinski definition) is 0. The van der Waals surface area contributed by atoms with Gasteiger partial charge in [-0.25, -0.2) is 17.8 Å². The van der Waals surface area contributed by atoms with Gasteiger partial charge >= 0.3 is 0 Å². The van der Waals surface area contributed by atoms with Crippen molar-refractivity contribution in [1.29, 1.82) is 0 Å². The van der Waals surface area contributed by atoms with E-state index in [1.54, 1.807) is 18.3 Å². The van der Waals surface area contributed by atoms with Crippen LogP contribution in [-0.4, -0.2) is 34.7 Å². The smallest absolute Gasteiger partial charge is 0.243 e. The van der Waals surface area contributed by atoms with Crippen LogP contribution in [0.25, 0.3) is 22.2 Å². The van der Waals surface area contributed by atoms with Crippen molar-refractivity contribution in [3.63, 3.8) is 0 Å². The lowest BCUT2D eigenvalue weighted by molar-refractivity contribution is 0.462. The van der Waals surface area contributed by atoms with Gasteiger partial charge in [0.05, 0.1) is 40.6 Å². The molecule has 0 saturated heterocycles. The highest BCUT2D eigenvalue weighted by atomic mass is 32.2. The Morgan fingerprint density at radius 3 is 2.52 bits per heavy atom. The summed E-state index contributed by atoms with van der Waals surface area (Å²) in [6.45, 7) is 0.0753. The van der Waals surface area contributed by atoms with Gasteiger partial charge in [-0.1, -0.05) is 24.3 Å². The Labute approximate surface area is 167 Å². The number of para-hydroxylation sites is 2. The number of sulfonamides is 1. The zero-order chi connectivity index (χ0) is 20.4. The third kappa shape index (κ3) is 3.98. The second-order valence-electron chi connectivity index (χ2n) is 6.53. The highest BCUT2D eigenvalue weighted by Gasteiger charge is 2.22. The molecule has 2 aromatic heterocycles. The summed E-state index contributed by atoms with van der Waals surface area (Å²) in [5, 5.41) is 0. The Morgan fingerprint density at radius 2 is 1.72 bits per heavy atom. The number of hydrogen-bond acceptors (Lipinski definition) is 5. The summed E-state index contributed by atoms with van der Waals surface area (Å²) >= 11 is 0. The molecule has 146 valence electrons. The maximum absolute atomic E-state index is 13.5. The summed E-state index contributed by atoms with van der Waals surface area (Å²) in [6.07, 6.45) is 4.16. The molecular weight excluding hydrogens is 391 g/mol. The Kier molecular flexibility index (Phi) is 5.04. The van der Waals surface area contributed by atoms with Gasteiger partial charge in [0.15, 0.2) is 0 Å². The molecule has 0 N–H and O–H groups in total. The summed E-state index contributed by atoms with van der Waals surface area (Å²) in [5.41, 5.74) is 3.07. The van der Waals surface area contributed by atoms with E-state index in [1.807, 2.05) is 24.3 Å². The van der Waals surface area contributed by atoms with Crippen molar-refractivity contribution in [2.75, 3.05) is 7.05 Å². The fourth-order valence-corrected chi connectivity index (χ4v) is 4.16. The van der Waals surface area contributed by atoms with E-state index in [1.165, 1.54) is 35.7 Å². The van der Waals surface area contributed by atoms with Crippen molar-refractivity contribution in [3.05, 3.63) is 84.7 Å². The van der Waals surface area contributed by atoms with E-state index >= 15 is 0 Å². The Balaban J connectivity index is 1.62. The second-order valence-corrected chi connectivity index (χ2v) is 8.58. The summed E-state index contributed by atoms with van der Waals surface area (Å²) in [7, 11) is -2.29. The summed E-state index contributed by atoms with van der Waals surface area (Å²) in [5.74, 6) is -0.484. The molecule has 8 heteroatoms. The minimum atomic E-state index is -3.78. The molecule has 0 bridgehead atoms. The molecule has 0 aliphatic heterocycles. The number of benzene rings is 2. The van der Waals surface area contributed by atoms with E-state index in [-0.39, 0.29) is 11.4 Å². The number of fused-ring (bicyclic) bond motifs is 1. The lowest BCUT2D eigenvalue weighted by Crippen LogP contribution is -2.27. The lowest BCUT2D eigenvalue weighted by atomic mass is 10.1. The molecule has 6 nitrogen and oxygen atoms in total. The third-order valence-corrected chi connectivity index (χ3v) is 6.26. The van der Waals surface area contributed by atoms with E-state index in [2.05, 4.69) is 15.0 Å². The fraction of sp³-hybridized carbons (Fsp3) is 0.0952. The van der Waals surface area contributed by atoms with Crippen LogP contribution in [0.2, 0.25) is 0 Å². The molecule has 2 aromatic carbocycles. The maximum Gasteiger partial charge on any atom is 0.243 e. The average Bonchev–Trinajstić information content (AvgIpc) is 2.73. The predicted octanol–water partition coefficient (Wildman–Crippen LogP) is 3.65. The van der Waals surface area contributed by atoms with Crippen molar-refractivity contribution >= 4 is 21.1 Å². The van der Waals surface area contributed by atoms with Gasteiger partial charge < -0.3 is 0 Å². The van der Waals surface area contributed by atoms with Gasteiger partial charge in [-0.15, -0.1) is 0 Å². The molecule has 0 unspecified atom stereocenters. The molecule has 4 aromatic rings. The third-order valence-electron chi connectivity index (χ3n) is 4.46. The molecule has 0 aliphatic rings. The summed E-state index contributed by atoms with van der Waals surface area (Å²) in [6, 6.07) is 15.1. The SMILES string of the molecule is CN(Cc1cnc2ccccc2n1)S(=O)(=O)c1cccc(-c2cncc(F)c2)c1.